The monoisotopic (exact) mass is 168 g/mol. The second kappa shape index (κ2) is 9.98. The molecule has 0 saturated heterocycles. The minimum absolute atomic E-state index is 0.819. The lowest BCUT2D eigenvalue weighted by Gasteiger charge is -2.00. The summed E-state index contributed by atoms with van der Waals surface area (Å²) >= 11 is 0. The maximum atomic E-state index is 4.98. The van der Waals surface area contributed by atoms with Crippen molar-refractivity contribution in [3.05, 3.63) is 37.1 Å². The lowest BCUT2D eigenvalue weighted by atomic mass is 10.3. The van der Waals surface area contributed by atoms with E-state index in [1.807, 2.05) is 6.08 Å². The molecule has 2 nitrogen and oxygen atoms in total. The fourth-order valence-corrected chi connectivity index (χ4v) is 0.623. The molecule has 0 N–H and O–H groups in total. The van der Waals surface area contributed by atoms with Crippen LogP contribution in [0.5, 0.6) is 0 Å². The van der Waals surface area contributed by atoms with E-state index in [0.717, 1.165) is 19.6 Å². The molecule has 2 heteroatoms. The molecule has 0 bridgehead atoms. The van der Waals surface area contributed by atoms with Gasteiger partial charge < -0.3 is 9.47 Å². The largest absolute Gasteiger partial charge is 0.504 e. The van der Waals surface area contributed by atoms with E-state index >= 15 is 0 Å². The average Bonchev–Trinajstić information content (AvgIpc) is 2.18. The van der Waals surface area contributed by atoms with Crippen LogP contribution in [0.1, 0.15) is 6.42 Å². The van der Waals surface area contributed by atoms with Crippen molar-refractivity contribution < 1.29 is 9.47 Å². The Balaban J connectivity index is 0.000000202. The summed E-state index contributed by atoms with van der Waals surface area (Å²) in [6.45, 7) is 5.16. The Kier molecular flexibility index (Phi) is 9.13. The molecule has 1 aliphatic heterocycles. The zero-order chi connectivity index (χ0) is 9.07. The molecular formula is C10H16O2. The Morgan fingerprint density at radius 1 is 1.50 bits per heavy atom. The second-order valence-corrected chi connectivity index (χ2v) is 2.13. The predicted molar refractivity (Wildman–Crippen MR) is 50.9 cm³/mol. The molecule has 1 heterocycles. The first-order valence-electron chi connectivity index (χ1n) is 3.95. The van der Waals surface area contributed by atoms with Crippen LogP contribution in [-0.2, 0) is 9.47 Å². The third-order valence-electron chi connectivity index (χ3n) is 1.16. The fraction of sp³-hybridized carbons (Fsp3) is 0.400. The molecule has 0 aromatic rings. The van der Waals surface area contributed by atoms with Gasteiger partial charge in [-0.25, -0.2) is 0 Å². The standard InChI is InChI=1S/2C5H8O/c1-2-4-6-5-3-1;1-3-4-5-6-2/h1-2H,3-5H2;3-5H,1H2,2H3/b;5-4-. The third-order valence-corrected chi connectivity index (χ3v) is 1.16. The molecule has 0 unspecified atom stereocenters. The van der Waals surface area contributed by atoms with Crippen molar-refractivity contribution in [2.75, 3.05) is 20.3 Å². The van der Waals surface area contributed by atoms with Crippen LogP contribution < -0.4 is 0 Å². The van der Waals surface area contributed by atoms with Gasteiger partial charge in [-0.1, -0.05) is 24.8 Å². The molecule has 0 spiro atoms. The van der Waals surface area contributed by atoms with Crippen molar-refractivity contribution in [1.29, 1.82) is 0 Å². The first kappa shape index (κ1) is 11.0. The molecule has 1 aliphatic rings. The van der Waals surface area contributed by atoms with Crippen LogP contribution in [-0.4, -0.2) is 20.3 Å². The van der Waals surface area contributed by atoms with Crippen LogP contribution in [0.2, 0.25) is 0 Å². The lowest BCUT2D eigenvalue weighted by molar-refractivity contribution is 0.158. The highest BCUT2D eigenvalue weighted by molar-refractivity contribution is 4.92. The summed E-state index contributed by atoms with van der Waals surface area (Å²) in [6, 6.07) is 0. The summed E-state index contributed by atoms with van der Waals surface area (Å²) in [5, 5.41) is 0. The van der Waals surface area contributed by atoms with Gasteiger partial charge in [0.05, 0.1) is 26.6 Å². The highest BCUT2D eigenvalue weighted by Crippen LogP contribution is 1.91. The van der Waals surface area contributed by atoms with Crippen LogP contribution >= 0.6 is 0 Å². The molecule has 0 aromatic carbocycles. The van der Waals surface area contributed by atoms with E-state index in [2.05, 4.69) is 17.4 Å². The topological polar surface area (TPSA) is 18.5 Å². The number of ether oxygens (including phenoxy) is 2. The molecular weight excluding hydrogens is 152 g/mol. The van der Waals surface area contributed by atoms with Gasteiger partial charge in [0.15, 0.2) is 0 Å². The van der Waals surface area contributed by atoms with Crippen molar-refractivity contribution in [3.8, 4) is 0 Å². The molecule has 0 saturated carbocycles. The lowest BCUT2D eigenvalue weighted by Crippen LogP contribution is -1.96. The highest BCUT2D eigenvalue weighted by Gasteiger charge is 1.85. The molecule has 0 radical (unpaired) electrons. The van der Waals surface area contributed by atoms with Crippen LogP contribution in [0.15, 0.2) is 37.1 Å². The molecule has 68 valence electrons. The van der Waals surface area contributed by atoms with E-state index in [-0.39, 0.29) is 0 Å². The van der Waals surface area contributed by atoms with Crippen molar-refractivity contribution in [3.63, 3.8) is 0 Å². The predicted octanol–water partition coefficient (Wildman–Crippen LogP) is 2.30. The molecule has 0 amide bonds. The Morgan fingerprint density at radius 2 is 2.33 bits per heavy atom. The smallest absolute Gasteiger partial charge is 0.0824 e. The summed E-state index contributed by atoms with van der Waals surface area (Å²) in [5.74, 6) is 0. The summed E-state index contributed by atoms with van der Waals surface area (Å²) < 4.78 is 9.51. The van der Waals surface area contributed by atoms with E-state index in [9.17, 15) is 0 Å². The van der Waals surface area contributed by atoms with Crippen molar-refractivity contribution >= 4 is 0 Å². The minimum Gasteiger partial charge on any atom is -0.504 e. The van der Waals surface area contributed by atoms with E-state index in [4.69, 9.17) is 4.74 Å². The van der Waals surface area contributed by atoms with Gasteiger partial charge in [-0.2, -0.15) is 0 Å². The highest BCUT2D eigenvalue weighted by atomic mass is 16.5. The first-order chi connectivity index (χ1) is 5.91. The van der Waals surface area contributed by atoms with Gasteiger partial charge in [0.1, 0.15) is 0 Å². The minimum atomic E-state index is 0.819. The Labute approximate surface area is 74.2 Å². The Morgan fingerprint density at radius 3 is 2.50 bits per heavy atom. The van der Waals surface area contributed by atoms with Gasteiger partial charge in [0, 0.05) is 0 Å². The average molecular weight is 168 g/mol. The third kappa shape index (κ3) is 8.98. The first-order valence-corrected chi connectivity index (χ1v) is 3.95. The van der Waals surface area contributed by atoms with Gasteiger partial charge in [-0.3, -0.25) is 0 Å². The van der Waals surface area contributed by atoms with Crippen molar-refractivity contribution in [2.45, 2.75) is 6.42 Å². The van der Waals surface area contributed by atoms with Crippen LogP contribution in [0, 0.1) is 0 Å². The quantitative estimate of drug-likeness (QED) is 0.358. The van der Waals surface area contributed by atoms with Gasteiger partial charge in [0.2, 0.25) is 0 Å². The Hall–Kier alpha value is -1.02. The number of allylic oxidation sites excluding steroid dienone is 2. The van der Waals surface area contributed by atoms with E-state index in [0.29, 0.717) is 0 Å². The second-order valence-electron chi connectivity index (χ2n) is 2.13. The molecule has 0 atom stereocenters. The number of hydrogen-bond acceptors (Lipinski definition) is 2. The van der Waals surface area contributed by atoms with Crippen LogP contribution in [0.25, 0.3) is 0 Å². The fourth-order valence-electron chi connectivity index (χ4n) is 0.623. The van der Waals surface area contributed by atoms with Gasteiger partial charge in [0.25, 0.3) is 0 Å². The maximum absolute atomic E-state index is 4.98. The number of rotatable bonds is 2. The maximum Gasteiger partial charge on any atom is 0.0824 e. The zero-order valence-corrected chi connectivity index (χ0v) is 7.53. The zero-order valence-electron chi connectivity index (χ0n) is 7.53. The van der Waals surface area contributed by atoms with Crippen LogP contribution in [0.3, 0.4) is 0 Å². The van der Waals surface area contributed by atoms with E-state index in [1.54, 1.807) is 25.5 Å². The Bertz CT molecular complexity index is 140. The summed E-state index contributed by atoms with van der Waals surface area (Å²) in [4.78, 5) is 0. The summed E-state index contributed by atoms with van der Waals surface area (Å²) in [5.41, 5.74) is 0. The summed E-state index contributed by atoms with van der Waals surface area (Å²) in [7, 11) is 1.60. The molecule has 1 rings (SSSR count). The molecule has 0 aromatic heterocycles. The van der Waals surface area contributed by atoms with Gasteiger partial charge in [-0.15, -0.1) is 0 Å². The molecule has 0 fully saturated rings. The molecule has 12 heavy (non-hydrogen) atoms. The van der Waals surface area contributed by atoms with Crippen molar-refractivity contribution in [2.24, 2.45) is 0 Å². The normalized spacial score (nSPS) is 15.1. The van der Waals surface area contributed by atoms with Crippen molar-refractivity contribution in [1.82, 2.24) is 0 Å². The SMILES string of the molecule is C1=CCOCC1.C=C/C=C\OC. The number of hydrogen-bond donors (Lipinski definition) is 0. The van der Waals surface area contributed by atoms with Gasteiger partial charge in [-0.05, 0) is 12.5 Å². The van der Waals surface area contributed by atoms with Gasteiger partial charge >= 0.3 is 0 Å². The summed E-state index contributed by atoms with van der Waals surface area (Å²) in [6.07, 6.45) is 10.2. The molecule has 0 aliphatic carbocycles. The van der Waals surface area contributed by atoms with Crippen LogP contribution in [0.4, 0.5) is 0 Å². The van der Waals surface area contributed by atoms with E-state index in [1.165, 1.54) is 0 Å². The number of methoxy groups -OCH3 is 1. The van der Waals surface area contributed by atoms with E-state index < -0.39 is 0 Å².